The van der Waals surface area contributed by atoms with Gasteiger partial charge in [0, 0.05) is 31.3 Å². The van der Waals surface area contributed by atoms with Crippen molar-refractivity contribution in [1.82, 2.24) is 19.7 Å². The minimum absolute atomic E-state index is 0.00608. The summed E-state index contributed by atoms with van der Waals surface area (Å²) in [6.45, 7) is 3.28. The van der Waals surface area contributed by atoms with E-state index < -0.39 is 0 Å². The Morgan fingerprint density at radius 2 is 2.11 bits per heavy atom. The van der Waals surface area contributed by atoms with Crippen molar-refractivity contribution >= 4 is 17.5 Å². The fraction of sp³-hybridized carbons (Fsp3) is 0.500. The number of ether oxygens (including phenoxy) is 1. The molecule has 0 bridgehead atoms. The topological polar surface area (TPSA) is 89.4 Å². The zero-order valence-corrected chi connectivity index (χ0v) is 16.4. The molecular formula is C20H27N5O3. The van der Waals surface area contributed by atoms with Crippen molar-refractivity contribution in [2.24, 2.45) is 5.92 Å². The van der Waals surface area contributed by atoms with Crippen LogP contribution < -0.4 is 10.1 Å². The summed E-state index contributed by atoms with van der Waals surface area (Å²) in [5.74, 6) is 1.25. The lowest BCUT2D eigenvalue weighted by Crippen LogP contribution is -2.42. The van der Waals surface area contributed by atoms with E-state index in [1.54, 1.807) is 24.2 Å². The van der Waals surface area contributed by atoms with E-state index in [0.717, 1.165) is 43.8 Å². The molecule has 0 aliphatic carbocycles. The summed E-state index contributed by atoms with van der Waals surface area (Å²) in [6, 6.07) is 7.00. The second-order valence-corrected chi connectivity index (χ2v) is 7.14. The summed E-state index contributed by atoms with van der Waals surface area (Å²) >= 11 is 0. The molecule has 8 heteroatoms. The Morgan fingerprint density at radius 1 is 1.32 bits per heavy atom. The molecular weight excluding hydrogens is 358 g/mol. The maximum absolute atomic E-state index is 12.6. The zero-order valence-electron chi connectivity index (χ0n) is 16.4. The van der Waals surface area contributed by atoms with E-state index in [1.165, 1.54) is 6.33 Å². The maximum Gasteiger partial charge on any atom is 0.247 e. The number of rotatable bonds is 7. The van der Waals surface area contributed by atoms with Gasteiger partial charge in [0.1, 0.15) is 24.4 Å². The van der Waals surface area contributed by atoms with Crippen LogP contribution in [0.4, 0.5) is 5.69 Å². The van der Waals surface area contributed by atoms with Crippen LogP contribution in [0.2, 0.25) is 0 Å². The number of anilines is 1. The summed E-state index contributed by atoms with van der Waals surface area (Å²) in [5, 5.41) is 6.96. The van der Waals surface area contributed by atoms with Gasteiger partial charge in [-0.15, -0.1) is 0 Å². The van der Waals surface area contributed by atoms with Gasteiger partial charge < -0.3 is 15.0 Å². The number of piperidine rings is 1. The first-order valence-electron chi connectivity index (χ1n) is 9.63. The number of methoxy groups -OCH3 is 1. The zero-order chi connectivity index (χ0) is 19.9. The number of hydrogen-bond acceptors (Lipinski definition) is 5. The molecule has 2 heterocycles. The molecule has 1 fully saturated rings. The Hall–Kier alpha value is -2.90. The Bertz CT molecular complexity index is 785. The van der Waals surface area contributed by atoms with Crippen LogP contribution in [0.5, 0.6) is 5.75 Å². The Labute approximate surface area is 164 Å². The molecule has 1 atom stereocenters. The SMILES string of the molecule is COc1cccc(NC(=O)CCC2CCN(C(=O)[C@@H](C)n3cncn3)CC2)c1. The van der Waals surface area contributed by atoms with E-state index in [-0.39, 0.29) is 17.9 Å². The third-order valence-electron chi connectivity index (χ3n) is 5.25. The van der Waals surface area contributed by atoms with Gasteiger partial charge in [-0.3, -0.25) is 9.59 Å². The first-order chi connectivity index (χ1) is 13.6. The molecule has 150 valence electrons. The predicted octanol–water partition coefficient (Wildman–Crippen LogP) is 2.51. The molecule has 1 N–H and O–H groups in total. The molecule has 2 aromatic rings. The van der Waals surface area contributed by atoms with Crippen LogP contribution in [0.25, 0.3) is 0 Å². The van der Waals surface area contributed by atoms with Crippen LogP contribution in [0.3, 0.4) is 0 Å². The number of nitrogens with zero attached hydrogens (tertiary/aromatic N) is 4. The van der Waals surface area contributed by atoms with Crippen LogP contribution in [-0.2, 0) is 9.59 Å². The van der Waals surface area contributed by atoms with Crippen molar-refractivity contribution in [3.63, 3.8) is 0 Å². The summed E-state index contributed by atoms with van der Waals surface area (Å²) in [4.78, 5) is 30.6. The smallest absolute Gasteiger partial charge is 0.247 e. The van der Waals surface area contributed by atoms with Crippen molar-refractivity contribution in [3.05, 3.63) is 36.9 Å². The van der Waals surface area contributed by atoms with Gasteiger partial charge in [0.05, 0.1) is 7.11 Å². The molecule has 1 aliphatic heterocycles. The van der Waals surface area contributed by atoms with Gasteiger partial charge in [0.15, 0.2) is 0 Å². The normalized spacial score (nSPS) is 15.9. The molecule has 28 heavy (non-hydrogen) atoms. The largest absolute Gasteiger partial charge is 0.497 e. The highest BCUT2D eigenvalue weighted by Gasteiger charge is 2.27. The van der Waals surface area contributed by atoms with Crippen molar-refractivity contribution in [2.75, 3.05) is 25.5 Å². The summed E-state index contributed by atoms with van der Waals surface area (Å²) < 4.78 is 6.75. The minimum Gasteiger partial charge on any atom is -0.497 e. The fourth-order valence-electron chi connectivity index (χ4n) is 3.50. The highest BCUT2D eigenvalue weighted by atomic mass is 16.5. The van der Waals surface area contributed by atoms with Gasteiger partial charge >= 0.3 is 0 Å². The van der Waals surface area contributed by atoms with E-state index in [4.69, 9.17) is 4.74 Å². The lowest BCUT2D eigenvalue weighted by Gasteiger charge is -2.33. The molecule has 1 aromatic heterocycles. The van der Waals surface area contributed by atoms with Crippen LogP contribution >= 0.6 is 0 Å². The van der Waals surface area contributed by atoms with Crippen molar-refractivity contribution < 1.29 is 14.3 Å². The minimum atomic E-state index is -0.340. The van der Waals surface area contributed by atoms with Crippen molar-refractivity contribution in [3.8, 4) is 5.75 Å². The predicted molar refractivity (Wildman–Crippen MR) is 105 cm³/mol. The second-order valence-electron chi connectivity index (χ2n) is 7.14. The fourth-order valence-corrected chi connectivity index (χ4v) is 3.50. The average molecular weight is 385 g/mol. The Balaban J connectivity index is 1.40. The highest BCUT2D eigenvalue weighted by Crippen LogP contribution is 2.24. The van der Waals surface area contributed by atoms with Crippen molar-refractivity contribution in [1.29, 1.82) is 0 Å². The number of aromatic nitrogens is 3. The molecule has 1 saturated heterocycles. The van der Waals surface area contributed by atoms with E-state index in [1.807, 2.05) is 30.0 Å². The molecule has 0 spiro atoms. The Morgan fingerprint density at radius 3 is 2.79 bits per heavy atom. The van der Waals surface area contributed by atoms with Gasteiger partial charge in [0.25, 0.3) is 0 Å². The van der Waals surface area contributed by atoms with Crippen LogP contribution in [0, 0.1) is 5.92 Å². The van der Waals surface area contributed by atoms with Gasteiger partial charge in [-0.05, 0) is 44.2 Å². The molecule has 3 rings (SSSR count). The van der Waals surface area contributed by atoms with E-state index in [0.29, 0.717) is 12.3 Å². The van der Waals surface area contributed by atoms with Crippen LogP contribution in [-0.4, -0.2) is 51.7 Å². The number of benzene rings is 1. The van der Waals surface area contributed by atoms with Gasteiger partial charge in [-0.2, -0.15) is 5.10 Å². The lowest BCUT2D eigenvalue weighted by atomic mass is 9.91. The molecule has 1 aliphatic rings. The van der Waals surface area contributed by atoms with E-state index in [9.17, 15) is 9.59 Å². The number of hydrogen-bond donors (Lipinski definition) is 1. The van der Waals surface area contributed by atoms with Gasteiger partial charge in [-0.1, -0.05) is 6.07 Å². The third kappa shape index (κ3) is 5.09. The average Bonchev–Trinajstić information content (AvgIpc) is 3.26. The molecule has 0 radical (unpaired) electrons. The second kappa shape index (κ2) is 9.34. The van der Waals surface area contributed by atoms with Crippen molar-refractivity contribution in [2.45, 2.75) is 38.6 Å². The molecule has 0 saturated carbocycles. The monoisotopic (exact) mass is 385 g/mol. The van der Waals surface area contributed by atoms with Crippen LogP contribution in [0.15, 0.2) is 36.9 Å². The van der Waals surface area contributed by atoms with Gasteiger partial charge in [0.2, 0.25) is 11.8 Å². The number of carbonyl (C=O) groups is 2. The van der Waals surface area contributed by atoms with E-state index in [2.05, 4.69) is 15.4 Å². The maximum atomic E-state index is 12.6. The number of nitrogens with one attached hydrogen (secondary N) is 1. The number of carbonyl (C=O) groups excluding carboxylic acids is 2. The quantitative estimate of drug-likeness (QED) is 0.791. The summed E-state index contributed by atoms with van der Waals surface area (Å²) in [5.41, 5.74) is 0.742. The van der Waals surface area contributed by atoms with Crippen LogP contribution in [0.1, 0.15) is 38.6 Å². The Kier molecular flexibility index (Phi) is 6.62. The summed E-state index contributed by atoms with van der Waals surface area (Å²) in [6.07, 6.45) is 6.15. The molecule has 0 unspecified atom stereocenters. The molecule has 8 nitrogen and oxygen atoms in total. The summed E-state index contributed by atoms with van der Waals surface area (Å²) in [7, 11) is 1.60. The number of likely N-dealkylation sites (tertiary alicyclic amines) is 1. The molecule has 1 aromatic carbocycles. The lowest BCUT2D eigenvalue weighted by molar-refractivity contribution is -0.136. The molecule has 2 amide bonds. The van der Waals surface area contributed by atoms with E-state index >= 15 is 0 Å². The van der Waals surface area contributed by atoms with Gasteiger partial charge in [-0.25, -0.2) is 9.67 Å². The highest BCUT2D eigenvalue weighted by molar-refractivity contribution is 5.90. The first kappa shape index (κ1) is 19.9. The third-order valence-corrected chi connectivity index (χ3v) is 5.25. The number of amides is 2. The standard InChI is InChI=1S/C20H27N5O3/c1-15(25-14-21-13-22-25)20(27)24-10-8-16(9-11-24)6-7-19(26)23-17-4-3-5-18(12-17)28-2/h3-5,12-16H,6-11H2,1-2H3,(H,23,26)/t15-/m1/s1. The first-order valence-corrected chi connectivity index (χ1v) is 9.63.